The molecule has 0 aliphatic heterocycles. The van der Waals surface area contributed by atoms with Crippen molar-refractivity contribution in [2.24, 2.45) is 0 Å². The molecule has 11 heavy (non-hydrogen) atoms. The van der Waals surface area contributed by atoms with Gasteiger partial charge in [-0.2, -0.15) is 0 Å². The molecule has 0 saturated carbocycles. The minimum absolute atomic E-state index is 0.239. The van der Waals surface area contributed by atoms with Gasteiger partial charge in [-0.1, -0.05) is 0 Å². The summed E-state index contributed by atoms with van der Waals surface area (Å²) >= 11 is 6.18. The second kappa shape index (κ2) is 4.38. The third kappa shape index (κ3) is 2.38. The predicted octanol–water partition coefficient (Wildman–Crippen LogP) is 1.50. The Labute approximate surface area is 87.0 Å². The van der Waals surface area contributed by atoms with Gasteiger partial charge in [0.05, 0.1) is 0 Å². The molecule has 1 aromatic heterocycles. The van der Waals surface area contributed by atoms with E-state index < -0.39 is 0 Å². The van der Waals surface area contributed by atoms with E-state index in [4.69, 9.17) is 11.6 Å². The first-order chi connectivity index (χ1) is 5.27. The molecule has 1 aromatic rings. The zero-order valence-electron chi connectivity index (χ0n) is 5.45. The van der Waals surface area contributed by atoms with Gasteiger partial charge in [-0.05, 0) is 0 Å². The third-order valence-corrected chi connectivity index (χ3v) is 4.77. The van der Waals surface area contributed by atoms with Crippen molar-refractivity contribution in [2.75, 3.05) is 0 Å². The average Bonchev–Trinajstić information content (AvgIpc) is 2.04. The van der Waals surface area contributed by atoms with E-state index in [9.17, 15) is 4.79 Å². The van der Waals surface area contributed by atoms with E-state index in [0.717, 1.165) is 0 Å². The van der Waals surface area contributed by atoms with Crippen molar-refractivity contribution < 1.29 is 29.4 Å². The number of hydrogen-bond acceptors (Lipinski definition) is 4. The first kappa shape index (κ1) is 9.41. The summed E-state index contributed by atoms with van der Waals surface area (Å²) in [4.78, 5) is 18.1. The third-order valence-electron chi connectivity index (χ3n) is 1.00. The number of nitrogens with zero attached hydrogens (tertiary/aromatic N) is 2. The molecule has 0 saturated heterocycles. The van der Waals surface area contributed by atoms with Gasteiger partial charge in [0.1, 0.15) is 0 Å². The van der Waals surface area contributed by atoms with Crippen LogP contribution in [0.5, 0.6) is 0 Å². The Balaban J connectivity index is 3.09. The van der Waals surface area contributed by atoms with E-state index in [-0.39, 0.29) is 5.15 Å². The summed E-state index contributed by atoms with van der Waals surface area (Å²) in [6.07, 6.45) is 2.09. The van der Waals surface area contributed by atoms with Crippen molar-refractivity contribution in [3.8, 4) is 0 Å². The molecule has 3 nitrogen and oxygen atoms in total. The maximum absolute atomic E-state index is 10.3. The monoisotopic (exact) mass is 375 g/mol. The summed E-state index contributed by atoms with van der Waals surface area (Å²) in [6, 6.07) is 0. The zero-order valence-corrected chi connectivity index (χ0v) is 12.5. The van der Waals surface area contributed by atoms with Crippen molar-refractivity contribution in [1.82, 2.24) is 9.97 Å². The number of carbonyl (C=O) groups is 1. The molecule has 0 aromatic carbocycles. The van der Waals surface area contributed by atoms with Gasteiger partial charge < -0.3 is 0 Å². The second-order valence-corrected chi connectivity index (χ2v) is 6.04. The summed E-state index contributed by atoms with van der Waals surface area (Å²) in [5, 5.41) is 0.895. The van der Waals surface area contributed by atoms with E-state index in [0.29, 0.717) is 41.6 Å². The van der Waals surface area contributed by atoms with E-state index in [1.54, 1.807) is 8.24 Å². The van der Waals surface area contributed by atoms with Crippen LogP contribution in [0.1, 0.15) is 10.4 Å². The van der Waals surface area contributed by atoms with Gasteiger partial charge in [0, 0.05) is 0 Å². The van der Waals surface area contributed by atoms with Crippen molar-refractivity contribution in [3.63, 3.8) is 0 Å². The molecule has 0 bridgehead atoms. The normalized spacial score (nSPS) is 9.73. The van der Waals surface area contributed by atoms with Crippen LogP contribution in [0.3, 0.4) is 0 Å². The van der Waals surface area contributed by atoms with Crippen LogP contribution < -0.4 is 0 Å². The first-order valence-electron chi connectivity index (χ1n) is 2.67. The van der Waals surface area contributed by atoms with Crippen LogP contribution in [0.25, 0.3) is 0 Å². The van der Waals surface area contributed by atoms with Gasteiger partial charge in [-0.3, -0.25) is 0 Å². The van der Waals surface area contributed by atoms with Crippen molar-refractivity contribution in [2.45, 2.75) is 5.16 Å². The predicted molar refractivity (Wildman–Crippen MR) is 38.3 cm³/mol. The van der Waals surface area contributed by atoms with E-state index in [2.05, 4.69) is 9.97 Å². The molecule has 0 radical (unpaired) electrons. The summed E-state index contributed by atoms with van der Waals surface area (Å²) in [5.74, 6) is 0. The Morgan fingerprint density at radius 2 is 2.45 bits per heavy atom. The maximum atomic E-state index is 10.3. The van der Waals surface area contributed by atoms with Gasteiger partial charge in [0.15, 0.2) is 0 Å². The quantitative estimate of drug-likeness (QED) is 0.341. The van der Waals surface area contributed by atoms with Crippen LogP contribution in [-0.4, -0.2) is 16.3 Å². The Morgan fingerprint density at radius 3 is 2.91 bits per heavy atom. The Hall–Kier alpha value is 0.325. The minimum atomic E-state index is 0.239. The number of hydrogen-bond donors (Lipinski definition) is 0. The van der Waals surface area contributed by atoms with Crippen molar-refractivity contribution >= 4 is 26.1 Å². The van der Waals surface area contributed by atoms with Gasteiger partial charge >= 0.3 is 87.6 Å². The number of carbonyl (C=O) groups excluding carboxylic acids is 1. The number of halogens is 1. The van der Waals surface area contributed by atoms with Crippen LogP contribution in [0.2, 0.25) is 5.15 Å². The molecule has 6 heteroatoms. The topological polar surface area (TPSA) is 42.9 Å². The molecule has 0 aliphatic rings. The van der Waals surface area contributed by atoms with E-state index in [1.807, 2.05) is 0 Å². The molecule has 0 unspecified atom stereocenters. The summed E-state index contributed by atoms with van der Waals surface area (Å²) in [5.41, 5.74) is 0.345. The van der Waals surface area contributed by atoms with Crippen LogP contribution in [-0.2, 0) is 24.6 Å². The molecular formula is C5H2ClHgN2OS. The Morgan fingerprint density at radius 1 is 1.73 bits per heavy atom. The van der Waals surface area contributed by atoms with Gasteiger partial charge in [0.2, 0.25) is 0 Å². The molecular weight excluding hydrogens is 372 g/mol. The van der Waals surface area contributed by atoms with Gasteiger partial charge in [0.25, 0.3) is 0 Å². The SMILES string of the molecule is O=Cc1cnc([S][Hg])nc1Cl. The number of rotatable bonds is 2. The summed E-state index contributed by atoms with van der Waals surface area (Å²) in [6.45, 7) is 0. The molecule has 1 heterocycles. The number of aldehydes is 1. The van der Waals surface area contributed by atoms with Crippen LogP contribution in [0.4, 0.5) is 0 Å². The molecule has 0 amide bonds. The van der Waals surface area contributed by atoms with Crippen molar-refractivity contribution in [3.05, 3.63) is 16.9 Å². The average molecular weight is 374 g/mol. The molecule has 0 fully saturated rings. The zero-order chi connectivity index (χ0) is 8.27. The fourth-order valence-electron chi connectivity index (χ4n) is 0.504. The fraction of sp³-hybridized carbons (Fsp3) is 0. The first-order valence-corrected chi connectivity index (χ1v) is 10.8. The standard InChI is InChI=1S/C5H3ClN2OS.Hg/c6-4-3(2-9)1-7-5(10)8-4;/h1-2H,(H,7,8,10);/q;+1/p-1. The van der Waals surface area contributed by atoms with Gasteiger partial charge in [-0.25, -0.2) is 0 Å². The Bertz CT molecular complexity index is 283. The van der Waals surface area contributed by atoms with Crippen LogP contribution in [0, 0.1) is 0 Å². The van der Waals surface area contributed by atoms with E-state index in [1.165, 1.54) is 6.20 Å². The molecule has 0 N–H and O–H groups in total. The molecule has 53 valence electrons. The second-order valence-electron chi connectivity index (χ2n) is 1.66. The Kier molecular flexibility index (Phi) is 3.74. The van der Waals surface area contributed by atoms with Crippen molar-refractivity contribution in [1.29, 1.82) is 0 Å². The summed E-state index contributed by atoms with van der Waals surface area (Å²) in [7, 11) is 1.57. The van der Waals surface area contributed by atoms with Crippen LogP contribution >= 0.6 is 19.8 Å². The fourth-order valence-corrected chi connectivity index (χ4v) is 2.63. The molecule has 1 rings (SSSR count). The molecule has 0 spiro atoms. The molecule has 0 atom stereocenters. The van der Waals surface area contributed by atoms with Gasteiger partial charge in [-0.15, -0.1) is 0 Å². The van der Waals surface area contributed by atoms with E-state index >= 15 is 0 Å². The summed E-state index contributed by atoms with van der Waals surface area (Å²) < 4.78 is 0. The van der Waals surface area contributed by atoms with Crippen LogP contribution in [0.15, 0.2) is 11.4 Å². The number of aromatic nitrogens is 2. The molecule has 0 aliphatic carbocycles.